The first kappa shape index (κ1) is 14.6. The Labute approximate surface area is 127 Å². The highest BCUT2D eigenvalue weighted by Gasteiger charge is 2.27. The zero-order chi connectivity index (χ0) is 14.8. The summed E-state index contributed by atoms with van der Waals surface area (Å²) in [6.07, 6.45) is 7.58. The number of imidazole rings is 1. The van der Waals surface area contributed by atoms with E-state index in [1.807, 2.05) is 0 Å². The number of fused-ring (bicyclic) bond motifs is 1. The Morgan fingerprint density at radius 1 is 1.29 bits per heavy atom. The van der Waals surface area contributed by atoms with Gasteiger partial charge in [0.15, 0.2) is 0 Å². The Kier molecular flexibility index (Phi) is 4.29. The van der Waals surface area contributed by atoms with E-state index in [9.17, 15) is 0 Å². The van der Waals surface area contributed by atoms with Crippen LogP contribution in [0.2, 0.25) is 0 Å². The highest BCUT2D eigenvalue weighted by molar-refractivity contribution is 5.42. The molecular weight excluding hydrogens is 258 g/mol. The molecule has 0 aromatic carbocycles. The lowest BCUT2D eigenvalue weighted by Gasteiger charge is -2.35. The summed E-state index contributed by atoms with van der Waals surface area (Å²) < 4.78 is 2.22. The number of aryl methyl sites for hydroxylation is 1. The number of pyridine rings is 1. The lowest BCUT2D eigenvalue weighted by Crippen LogP contribution is -2.40. The first-order chi connectivity index (χ1) is 10.2. The third kappa shape index (κ3) is 2.98. The van der Waals surface area contributed by atoms with Crippen molar-refractivity contribution in [3.05, 3.63) is 35.8 Å². The Balaban J connectivity index is 1.75. The van der Waals surface area contributed by atoms with E-state index in [-0.39, 0.29) is 0 Å². The van der Waals surface area contributed by atoms with Crippen LogP contribution < -0.4 is 5.32 Å². The van der Waals surface area contributed by atoms with Crippen LogP contribution in [0.4, 0.5) is 0 Å². The molecule has 0 bridgehead atoms. The smallest absolute Gasteiger partial charge is 0.137 e. The summed E-state index contributed by atoms with van der Waals surface area (Å²) in [5, 5.41) is 3.83. The molecule has 0 amide bonds. The van der Waals surface area contributed by atoms with E-state index in [0.29, 0.717) is 6.04 Å². The van der Waals surface area contributed by atoms with Crippen LogP contribution in [0.3, 0.4) is 0 Å². The molecule has 1 saturated carbocycles. The molecule has 0 radical (unpaired) electrons. The Morgan fingerprint density at radius 3 is 2.90 bits per heavy atom. The molecule has 1 fully saturated rings. The zero-order valence-electron chi connectivity index (χ0n) is 13.5. The fourth-order valence-electron chi connectivity index (χ4n) is 3.82. The maximum atomic E-state index is 4.65. The monoisotopic (exact) mass is 285 g/mol. The largest absolute Gasteiger partial charge is 0.308 e. The van der Waals surface area contributed by atoms with E-state index in [2.05, 4.69) is 59.9 Å². The molecule has 21 heavy (non-hydrogen) atoms. The molecule has 0 saturated heterocycles. The predicted molar refractivity (Wildman–Crippen MR) is 87.4 cm³/mol. The van der Waals surface area contributed by atoms with Crippen molar-refractivity contribution in [2.24, 2.45) is 11.8 Å². The number of nitrogens with one attached hydrogen (secondary N) is 1. The van der Waals surface area contributed by atoms with Crippen molar-refractivity contribution in [1.29, 1.82) is 0 Å². The van der Waals surface area contributed by atoms with Crippen LogP contribution in [-0.2, 0) is 6.54 Å². The Hall–Kier alpha value is -1.35. The van der Waals surface area contributed by atoms with Crippen molar-refractivity contribution in [1.82, 2.24) is 14.7 Å². The summed E-state index contributed by atoms with van der Waals surface area (Å²) >= 11 is 0. The van der Waals surface area contributed by atoms with Crippen molar-refractivity contribution in [3.63, 3.8) is 0 Å². The molecule has 1 N–H and O–H groups in total. The summed E-state index contributed by atoms with van der Waals surface area (Å²) in [4.78, 5) is 4.65. The van der Waals surface area contributed by atoms with Gasteiger partial charge in [-0.1, -0.05) is 32.8 Å². The summed E-state index contributed by atoms with van der Waals surface area (Å²) in [5.41, 5.74) is 3.50. The first-order valence-electron chi connectivity index (χ1n) is 8.32. The van der Waals surface area contributed by atoms with Crippen LogP contribution in [0.5, 0.6) is 0 Å². The lowest BCUT2D eigenvalue weighted by molar-refractivity contribution is 0.204. The summed E-state index contributed by atoms with van der Waals surface area (Å²) in [6, 6.07) is 6.87. The second-order valence-electron chi connectivity index (χ2n) is 6.75. The molecule has 0 spiro atoms. The van der Waals surface area contributed by atoms with Crippen LogP contribution in [-0.4, -0.2) is 15.4 Å². The van der Waals surface area contributed by atoms with Gasteiger partial charge in [-0.3, -0.25) is 0 Å². The Bertz CT molecular complexity index is 600. The number of nitrogens with zero attached hydrogens (tertiary/aromatic N) is 2. The second kappa shape index (κ2) is 6.18. The lowest BCUT2D eigenvalue weighted by atomic mass is 9.78. The van der Waals surface area contributed by atoms with Crippen LogP contribution in [0.15, 0.2) is 24.4 Å². The molecule has 114 valence electrons. The van der Waals surface area contributed by atoms with Crippen molar-refractivity contribution in [2.75, 3.05) is 0 Å². The van der Waals surface area contributed by atoms with Gasteiger partial charge in [-0.2, -0.15) is 0 Å². The highest BCUT2D eigenvalue weighted by Crippen LogP contribution is 2.30. The van der Waals surface area contributed by atoms with E-state index >= 15 is 0 Å². The molecule has 3 rings (SSSR count). The molecule has 1 aliphatic rings. The third-order valence-corrected chi connectivity index (χ3v) is 5.04. The molecule has 1 aliphatic carbocycles. The number of aromatic nitrogens is 2. The Morgan fingerprint density at radius 2 is 2.10 bits per heavy atom. The topological polar surface area (TPSA) is 29.3 Å². The molecule has 3 nitrogen and oxygen atoms in total. The normalized spacial score (nSPS) is 23.0. The van der Waals surface area contributed by atoms with Crippen molar-refractivity contribution in [2.45, 2.75) is 59.0 Å². The second-order valence-corrected chi connectivity index (χ2v) is 6.75. The molecule has 2 aromatic heterocycles. The molecule has 0 aliphatic heterocycles. The van der Waals surface area contributed by atoms with Crippen LogP contribution in [0, 0.1) is 18.8 Å². The minimum atomic E-state index is 0.660. The maximum absolute atomic E-state index is 4.65. The average molecular weight is 285 g/mol. The van der Waals surface area contributed by atoms with Crippen LogP contribution >= 0.6 is 0 Å². The van der Waals surface area contributed by atoms with E-state index in [1.165, 1.54) is 31.4 Å². The summed E-state index contributed by atoms with van der Waals surface area (Å²) in [5.74, 6) is 1.59. The van der Waals surface area contributed by atoms with Gasteiger partial charge < -0.3 is 9.72 Å². The highest BCUT2D eigenvalue weighted by atomic mass is 15.0. The molecule has 2 unspecified atom stereocenters. The van der Waals surface area contributed by atoms with Gasteiger partial charge in [0.1, 0.15) is 5.65 Å². The van der Waals surface area contributed by atoms with Gasteiger partial charge >= 0.3 is 0 Å². The third-order valence-electron chi connectivity index (χ3n) is 5.04. The predicted octanol–water partition coefficient (Wildman–Crippen LogP) is 3.95. The number of hydrogen-bond acceptors (Lipinski definition) is 2. The van der Waals surface area contributed by atoms with Crippen molar-refractivity contribution < 1.29 is 0 Å². The van der Waals surface area contributed by atoms with E-state index in [4.69, 9.17) is 0 Å². The van der Waals surface area contributed by atoms with Crippen molar-refractivity contribution in [3.8, 4) is 0 Å². The van der Waals surface area contributed by atoms with Gasteiger partial charge in [0.25, 0.3) is 0 Å². The minimum absolute atomic E-state index is 0.660. The number of hydrogen-bond donors (Lipinski definition) is 1. The SMILES string of the molecule is Cc1nc2ccccn2c1CNC1CCCCC1C(C)C. The van der Waals surface area contributed by atoms with Gasteiger partial charge in [-0.25, -0.2) is 4.98 Å². The van der Waals surface area contributed by atoms with E-state index in [1.54, 1.807) is 0 Å². The fourth-order valence-corrected chi connectivity index (χ4v) is 3.82. The van der Waals surface area contributed by atoms with E-state index < -0.39 is 0 Å². The van der Waals surface area contributed by atoms with Crippen LogP contribution in [0.25, 0.3) is 5.65 Å². The molecule has 3 heteroatoms. The summed E-state index contributed by atoms with van der Waals surface area (Å²) in [7, 11) is 0. The fraction of sp³-hybridized carbons (Fsp3) is 0.611. The standard InChI is InChI=1S/C18H27N3/c1-13(2)15-8-4-5-9-16(15)19-12-17-14(3)20-18-10-6-7-11-21(17)18/h6-7,10-11,13,15-16,19H,4-5,8-9,12H2,1-3H3. The quantitative estimate of drug-likeness (QED) is 0.921. The summed E-state index contributed by atoms with van der Waals surface area (Å²) in [6.45, 7) is 7.77. The van der Waals surface area contributed by atoms with Gasteiger partial charge in [-0.15, -0.1) is 0 Å². The van der Waals surface area contributed by atoms with Gasteiger partial charge in [0, 0.05) is 18.8 Å². The molecule has 2 heterocycles. The van der Waals surface area contributed by atoms with Gasteiger partial charge in [0.2, 0.25) is 0 Å². The maximum Gasteiger partial charge on any atom is 0.137 e. The van der Waals surface area contributed by atoms with E-state index in [0.717, 1.165) is 29.7 Å². The molecule has 2 atom stereocenters. The number of rotatable bonds is 4. The first-order valence-corrected chi connectivity index (χ1v) is 8.32. The van der Waals surface area contributed by atoms with Gasteiger partial charge in [0.05, 0.1) is 11.4 Å². The van der Waals surface area contributed by atoms with Crippen LogP contribution in [0.1, 0.15) is 50.9 Å². The van der Waals surface area contributed by atoms with Gasteiger partial charge in [-0.05, 0) is 43.7 Å². The molecule has 2 aromatic rings. The zero-order valence-corrected chi connectivity index (χ0v) is 13.5. The minimum Gasteiger partial charge on any atom is -0.308 e. The van der Waals surface area contributed by atoms with Crippen molar-refractivity contribution >= 4 is 5.65 Å². The molecular formula is C18H27N3. The average Bonchev–Trinajstić information content (AvgIpc) is 2.81.